The highest BCUT2D eigenvalue weighted by Crippen LogP contribution is 2.42. The van der Waals surface area contributed by atoms with Crippen LogP contribution >= 0.6 is 11.8 Å². The molecule has 2 aliphatic heterocycles. The van der Waals surface area contributed by atoms with E-state index in [4.69, 9.17) is 4.74 Å². The van der Waals surface area contributed by atoms with Crippen LogP contribution in [-0.4, -0.2) is 43.0 Å². The number of alkyl halides is 3. The summed E-state index contributed by atoms with van der Waals surface area (Å²) in [7, 11) is 1.77. The molecule has 3 unspecified atom stereocenters. The van der Waals surface area contributed by atoms with Crippen molar-refractivity contribution in [3.63, 3.8) is 0 Å². The van der Waals surface area contributed by atoms with Crippen LogP contribution in [0.3, 0.4) is 0 Å². The maximum absolute atomic E-state index is 12.4. The summed E-state index contributed by atoms with van der Waals surface area (Å²) in [6.07, 6.45) is -1.75. The second kappa shape index (κ2) is 6.22. The summed E-state index contributed by atoms with van der Waals surface area (Å²) in [5.41, 5.74) is -0.0546. The van der Waals surface area contributed by atoms with Crippen LogP contribution in [0.25, 0.3) is 0 Å². The van der Waals surface area contributed by atoms with Crippen LogP contribution in [0.2, 0.25) is 0 Å². The third-order valence-electron chi connectivity index (χ3n) is 4.28. The van der Waals surface area contributed by atoms with E-state index >= 15 is 0 Å². The Kier molecular flexibility index (Phi) is 5.06. The van der Waals surface area contributed by atoms with Gasteiger partial charge in [0.15, 0.2) is 0 Å². The van der Waals surface area contributed by atoms with Gasteiger partial charge in [-0.15, -0.1) is 0 Å². The zero-order valence-electron chi connectivity index (χ0n) is 11.3. The fraction of sp³-hybridized carbons (Fsp3) is 1.00. The second-order valence-corrected chi connectivity index (χ2v) is 6.74. The molecular weight excluding hydrogens is 275 g/mol. The van der Waals surface area contributed by atoms with Crippen LogP contribution < -0.4 is 5.32 Å². The molecule has 6 heteroatoms. The predicted molar refractivity (Wildman–Crippen MR) is 71.5 cm³/mol. The Morgan fingerprint density at radius 3 is 2.84 bits per heavy atom. The Hall–Kier alpha value is 0.0600. The zero-order chi connectivity index (χ0) is 13.9. The number of thioether (sulfide) groups is 1. The number of hydrogen-bond donors (Lipinski definition) is 1. The van der Waals surface area contributed by atoms with Crippen molar-refractivity contribution < 1.29 is 17.9 Å². The SMILES string of the molecule is CNC(CCC(F)(F)F)C1CCOC2(CCSC2)C1. The molecule has 0 amide bonds. The summed E-state index contributed by atoms with van der Waals surface area (Å²) in [6, 6.07) is -0.0481. The van der Waals surface area contributed by atoms with Crippen LogP contribution in [0.4, 0.5) is 13.2 Å². The summed E-state index contributed by atoms with van der Waals surface area (Å²) in [5.74, 6) is 2.42. The number of halogens is 3. The fourth-order valence-electron chi connectivity index (χ4n) is 3.21. The van der Waals surface area contributed by atoms with Crippen LogP contribution in [-0.2, 0) is 4.74 Å². The van der Waals surface area contributed by atoms with Gasteiger partial charge in [-0.2, -0.15) is 24.9 Å². The normalized spacial score (nSPS) is 33.8. The highest BCUT2D eigenvalue weighted by atomic mass is 32.2. The van der Waals surface area contributed by atoms with Gasteiger partial charge in [0.25, 0.3) is 0 Å². The van der Waals surface area contributed by atoms with Gasteiger partial charge in [0, 0.05) is 24.8 Å². The highest BCUT2D eigenvalue weighted by Gasteiger charge is 2.42. The minimum Gasteiger partial charge on any atom is -0.374 e. The van der Waals surface area contributed by atoms with Gasteiger partial charge in [0.1, 0.15) is 0 Å². The first-order chi connectivity index (χ1) is 8.94. The van der Waals surface area contributed by atoms with E-state index in [0.717, 1.165) is 30.8 Å². The summed E-state index contributed by atoms with van der Waals surface area (Å²) < 4.78 is 43.0. The molecule has 0 bridgehead atoms. The number of ether oxygens (including phenoxy) is 1. The van der Waals surface area contributed by atoms with Gasteiger partial charge in [0.2, 0.25) is 0 Å². The lowest BCUT2D eigenvalue weighted by atomic mass is 9.80. The number of nitrogens with one attached hydrogen (secondary N) is 1. The van der Waals surface area contributed by atoms with E-state index in [9.17, 15) is 13.2 Å². The standard InChI is InChI=1S/C13H22F3NOS/c1-17-11(2-4-13(14,15)16)10-3-6-18-12(8-10)5-7-19-9-12/h10-11,17H,2-9H2,1H3. The van der Waals surface area contributed by atoms with Gasteiger partial charge < -0.3 is 10.1 Å². The Morgan fingerprint density at radius 2 is 2.26 bits per heavy atom. The van der Waals surface area contributed by atoms with E-state index in [1.54, 1.807) is 7.05 Å². The Morgan fingerprint density at radius 1 is 1.47 bits per heavy atom. The minimum atomic E-state index is -4.05. The van der Waals surface area contributed by atoms with E-state index in [1.165, 1.54) is 0 Å². The minimum absolute atomic E-state index is 0.0481. The number of hydrogen-bond acceptors (Lipinski definition) is 3. The van der Waals surface area contributed by atoms with Gasteiger partial charge in [-0.1, -0.05) is 0 Å². The molecule has 3 atom stereocenters. The molecule has 2 aliphatic rings. The largest absolute Gasteiger partial charge is 0.389 e. The van der Waals surface area contributed by atoms with Crippen molar-refractivity contribution in [3.05, 3.63) is 0 Å². The molecule has 1 spiro atoms. The van der Waals surface area contributed by atoms with E-state index in [0.29, 0.717) is 12.5 Å². The Bertz CT molecular complexity index is 292. The molecule has 0 saturated carbocycles. The van der Waals surface area contributed by atoms with Crippen molar-refractivity contribution in [3.8, 4) is 0 Å². The average molecular weight is 297 g/mol. The van der Waals surface area contributed by atoms with Gasteiger partial charge in [-0.05, 0) is 44.4 Å². The summed E-state index contributed by atoms with van der Waals surface area (Å²) >= 11 is 1.89. The highest BCUT2D eigenvalue weighted by molar-refractivity contribution is 7.99. The van der Waals surface area contributed by atoms with Crippen molar-refractivity contribution in [1.29, 1.82) is 0 Å². The third kappa shape index (κ3) is 4.26. The molecule has 0 radical (unpaired) electrons. The Balaban J connectivity index is 1.90. The first-order valence-corrected chi connectivity index (χ1v) is 8.05. The lowest BCUT2D eigenvalue weighted by Gasteiger charge is -2.41. The molecule has 0 aliphatic carbocycles. The first-order valence-electron chi connectivity index (χ1n) is 6.90. The predicted octanol–water partition coefficient (Wildman–Crippen LogP) is 3.22. The van der Waals surface area contributed by atoms with E-state index in [2.05, 4.69) is 5.32 Å². The molecular formula is C13H22F3NOS. The molecule has 0 aromatic carbocycles. The monoisotopic (exact) mass is 297 g/mol. The van der Waals surface area contributed by atoms with Crippen molar-refractivity contribution >= 4 is 11.8 Å². The van der Waals surface area contributed by atoms with Gasteiger partial charge >= 0.3 is 6.18 Å². The van der Waals surface area contributed by atoms with Crippen molar-refractivity contribution in [1.82, 2.24) is 5.32 Å². The maximum Gasteiger partial charge on any atom is 0.389 e. The van der Waals surface area contributed by atoms with Crippen molar-refractivity contribution in [2.75, 3.05) is 25.2 Å². The Labute approximate surface area is 116 Å². The molecule has 19 heavy (non-hydrogen) atoms. The molecule has 2 fully saturated rings. The van der Waals surface area contributed by atoms with Crippen molar-refractivity contribution in [2.24, 2.45) is 5.92 Å². The van der Waals surface area contributed by atoms with Crippen LogP contribution in [0.15, 0.2) is 0 Å². The second-order valence-electron chi connectivity index (χ2n) is 5.64. The molecule has 1 N–H and O–H groups in total. The van der Waals surface area contributed by atoms with E-state index < -0.39 is 12.6 Å². The van der Waals surface area contributed by atoms with E-state index in [1.807, 2.05) is 11.8 Å². The molecule has 2 heterocycles. The van der Waals surface area contributed by atoms with Gasteiger partial charge in [-0.25, -0.2) is 0 Å². The van der Waals surface area contributed by atoms with Gasteiger partial charge in [0.05, 0.1) is 5.60 Å². The van der Waals surface area contributed by atoms with Crippen molar-refractivity contribution in [2.45, 2.75) is 49.9 Å². The topological polar surface area (TPSA) is 21.3 Å². The summed E-state index contributed by atoms with van der Waals surface area (Å²) in [5, 5.41) is 3.09. The van der Waals surface area contributed by atoms with Crippen LogP contribution in [0.5, 0.6) is 0 Å². The molecule has 0 aromatic rings. The van der Waals surface area contributed by atoms with Crippen LogP contribution in [0.1, 0.15) is 32.1 Å². The van der Waals surface area contributed by atoms with Crippen LogP contribution in [0, 0.1) is 5.92 Å². The molecule has 2 rings (SSSR count). The molecule has 2 saturated heterocycles. The van der Waals surface area contributed by atoms with E-state index in [-0.39, 0.29) is 18.1 Å². The molecule has 2 nitrogen and oxygen atoms in total. The molecule has 112 valence electrons. The maximum atomic E-state index is 12.4. The summed E-state index contributed by atoms with van der Waals surface area (Å²) in [6.45, 7) is 0.690. The lowest BCUT2D eigenvalue weighted by molar-refractivity contribution is -0.139. The molecule has 0 aromatic heterocycles. The number of rotatable bonds is 4. The summed E-state index contributed by atoms with van der Waals surface area (Å²) in [4.78, 5) is 0. The zero-order valence-corrected chi connectivity index (χ0v) is 12.1. The smallest absolute Gasteiger partial charge is 0.374 e. The lowest BCUT2D eigenvalue weighted by Crippen LogP contribution is -2.46. The van der Waals surface area contributed by atoms with Gasteiger partial charge in [-0.3, -0.25) is 0 Å². The first kappa shape index (κ1) is 15.4. The fourth-order valence-corrected chi connectivity index (χ4v) is 4.59. The quantitative estimate of drug-likeness (QED) is 0.861. The average Bonchev–Trinajstić information content (AvgIpc) is 2.77. The third-order valence-corrected chi connectivity index (χ3v) is 5.50.